The van der Waals surface area contributed by atoms with Crippen LogP contribution in [0.5, 0.6) is 0 Å². The van der Waals surface area contributed by atoms with Gasteiger partial charge in [0, 0.05) is 19.7 Å². The number of hydrogen-bond acceptors (Lipinski definition) is 4. The predicted octanol–water partition coefficient (Wildman–Crippen LogP) is 4.71. The first-order chi connectivity index (χ1) is 14.7. The Morgan fingerprint density at radius 3 is 2.17 bits per heavy atom. The number of rotatable bonds is 7. The lowest BCUT2D eigenvalue weighted by Crippen LogP contribution is -2.27. The van der Waals surface area contributed by atoms with Crippen LogP contribution in [-0.4, -0.2) is 23.6 Å². The summed E-state index contributed by atoms with van der Waals surface area (Å²) in [5, 5.41) is 2.97. The zero-order valence-corrected chi connectivity index (χ0v) is 17.3. The lowest BCUT2D eigenvalue weighted by molar-refractivity contribution is -0.124. The largest absolute Gasteiger partial charge is 0.368 e. The highest BCUT2D eigenvalue weighted by Gasteiger charge is 2.24. The number of ether oxygens (including phenoxy) is 1. The van der Waals surface area contributed by atoms with Crippen LogP contribution in [0.1, 0.15) is 29.7 Å². The third-order valence-corrected chi connectivity index (χ3v) is 5.31. The average Bonchev–Trinajstić information content (AvgIpc) is 3.31. The molecule has 1 saturated heterocycles. The zero-order chi connectivity index (χ0) is 20.8. The molecule has 1 aliphatic rings. The van der Waals surface area contributed by atoms with Crippen LogP contribution in [0.2, 0.25) is 0 Å². The second kappa shape index (κ2) is 9.55. The molecule has 0 bridgehead atoms. The van der Waals surface area contributed by atoms with E-state index in [0.29, 0.717) is 6.61 Å². The number of carbonyl (C=O) groups is 1. The third-order valence-electron chi connectivity index (χ3n) is 5.31. The molecule has 0 aliphatic carbocycles. The second-order valence-electron chi connectivity index (χ2n) is 7.62. The predicted molar refractivity (Wildman–Crippen MR) is 119 cm³/mol. The molecule has 1 amide bonds. The molecule has 30 heavy (non-hydrogen) atoms. The van der Waals surface area contributed by atoms with Crippen LogP contribution in [0.4, 0.5) is 11.5 Å². The highest BCUT2D eigenvalue weighted by atomic mass is 16.5. The summed E-state index contributed by atoms with van der Waals surface area (Å²) in [6, 6.07) is 24.7. The standard InChI is InChI=1S/C25H27N3O2/c1-19-22(27-25(29)23-13-8-16-30-23)14-15-24(26-19)28(17-20-9-4-2-5-10-20)18-21-11-6-3-7-12-21/h2-7,9-12,14-15,23H,8,13,16-18H2,1H3,(H,27,29). The van der Waals surface area contributed by atoms with Gasteiger partial charge in [0.05, 0.1) is 11.4 Å². The molecule has 0 saturated carbocycles. The lowest BCUT2D eigenvalue weighted by atomic mass is 10.1. The molecule has 0 spiro atoms. The van der Waals surface area contributed by atoms with Crippen molar-refractivity contribution in [2.45, 2.75) is 39.0 Å². The third kappa shape index (κ3) is 5.05. The Labute approximate surface area is 177 Å². The van der Waals surface area contributed by atoms with Crippen molar-refractivity contribution in [2.75, 3.05) is 16.8 Å². The van der Waals surface area contributed by atoms with Crippen LogP contribution in [0.15, 0.2) is 72.8 Å². The van der Waals surface area contributed by atoms with Gasteiger partial charge in [0.25, 0.3) is 5.91 Å². The number of benzene rings is 2. The molecule has 1 atom stereocenters. The number of amides is 1. The molecule has 1 fully saturated rings. The molecule has 154 valence electrons. The fourth-order valence-electron chi connectivity index (χ4n) is 3.68. The van der Waals surface area contributed by atoms with Crippen LogP contribution in [0, 0.1) is 6.92 Å². The normalized spacial score (nSPS) is 15.7. The maximum Gasteiger partial charge on any atom is 0.253 e. The average molecular weight is 402 g/mol. The molecule has 1 unspecified atom stereocenters. The van der Waals surface area contributed by atoms with E-state index in [2.05, 4.69) is 58.7 Å². The fourth-order valence-corrected chi connectivity index (χ4v) is 3.68. The number of nitrogens with one attached hydrogen (secondary N) is 1. The Bertz CT molecular complexity index is 929. The summed E-state index contributed by atoms with van der Waals surface area (Å²) in [5.74, 6) is 0.797. The first kappa shape index (κ1) is 20.1. The summed E-state index contributed by atoms with van der Waals surface area (Å²) in [6.45, 7) is 4.09. The molecule has 2 heterocycles. The topological polar surface area (TPSA) is 54.5 Å². The number of carbonyl (C=O) groups excluding carboxylic acids is 1. The first-order valence-electron chi connectivity index (χ1n) is 10.4. The number of anilines is 2. The van der Waals surface area contributed by atoms with Gasteiger partial charge in [-0.15, -0.1) is 0 Å². The van der Waals surface area contributed by atoms with Crippen molar-refractivity contribution in [2.24, 2.45) is 0 Å². The molecule has 1 aromatic heterocycles. The van der Waals surface area contributed by atoms with Crippen LogP contribution in [-0.2, 0) is 22.6 Å². The Morgan fingerprint density at radius 2 is 1.63 bits per heavy atom. The van der Waals surface area contributed by atoms with Crippen LogP contribution < -0.4 is 10.2 Å². The summed E-state index contributed by atoms with van der Waals surface area (Å²) in [7, 11) is 0. The minimum atomic E-state index is -0.350. The van der Waals surface area contributed by atoms with E-state index in [1.165, 1.54) is 11.1 Å². The number of pyridine rings is 1. The fraction of sp³-hybridized carbons (Fsp3) is 0.280. The second-order valence-corrected chi connectivity index (χ2v) is 7.62. The lowest BCUT2D eigenvalue weighted by Gasteiger charge is -2.25. The molecule has 5 heteroatoms. The number of aromatic nitrogens is 1. The van der Waals surface area contributed by atoms with Crippen molar-refractivity contribution in [3.8, 4) is 0 Å². The smallest absolute Gasteiger partial charge is 0.253 e. The van der Waals surface area contributed by atoms with Crippen LogP contribution in [0.25, 0.3) is 0 Å². The maximum atomic E-state index is 12.4. The molecular formula is C25H27N3O2. The van der Waals surface area contributed by atoms with Crippen molar-refractivity contribution in [3.05, 3.63) is 89.6 Å². The van der Waals surface area contributed by atoms with Gasteiger partial charge in [-0.3, -0.25) is 4.79 Å². The molecule has 1 aliphatic heterocycles. The quantitative estimate of drug-likeness (QED) is 0.623. The van der Waals surface area contributed by atoms with E-state index >= 15 is 0 Å². The van der Waals surface area contributed by atoms with E-state index in [1.807, 2.05) is 31.2 Å². The summed E-state index contributed by atoms with van der Waals surface area (Å²) in [5.41, 5.74) is 3.98. The zero-order valence-electron chi connectivity index (χ0n) is 17.3. The van der Waals surface area contributed by atoms with Crippen LogP contribution >= 0.6 is 0 Å². The van der Waals surface area contributed by atoms with Crippen molar-refractivity contribution in [1.29, 1.82) is 0 Å². The number of hydrogen-bond donors (Lipinski definition) is 1. The van der Waals surface area contributed by atoms with Gasteiger partial charge in [0.15, 0.2) is 0 Å². The summed E-state index contributed by atoms with van der Waals surface area (Å²) in [4.78, 5) is 19.5. The van der Waals surface area contributed by atoms with Crippen molar-refractivity contribution in [1.82, 2.24) is 4.98 Å². The minimum absolute atomic E-state index is 0.0874. The molecule has 4 rings (SSSR count). The molecule has 2 aromatic carbocycles. The van der Waals surface area contributed by atoms with Gasteiger partial charge in [-0.2, -0.15) is 0 Å². The first-order valence-corrected chi connectivity index (χ1v) is 10.4. The van der Waals surface area contributed by atoms with E-state index in [1.54, 1.807) is 0 Å². The van der Waals surface area contributed by atoms with E-state index in [0.717, 1.165) is 43.1 Å². The molecule has 5 nitrogen and oxygen atoms in total. The van der Waals surface area contributed by atoms with Crippen molar-refractivity contribution < 1.29 is 9.53 Å². The van der Waals surface area contributed by atoms with Gasteiger partial charge in [0.2, 0.25) is 0 Å². The molecular weight excluding hydrogens is 374 g/mol. The molecule has 1 N–H and O–H groups in total. The number of nitrogens with zero attached hydrogens (tertiary/aromatic N) is 2. The van der Waals surface area contributed by atoms with E-state index in [-0.39, 0.29) is 12.0 Å². The van der Waals surface area contributed by atoms with Gasteiger partial charge >= 0.3 is 0 Å². The van der Waals surface area contributed by atoms with Gasteiger partial charge < -0.3 is 15.0 Å². The summed E-state index contributed by atoms with van der Waals surface area (Å²) in [6.07, 6.45) is 1.36. The monoisotopic (exact) mass is 401 g/mol. The summed E-state index contributed by atoms with van der Waals surface area (Å²) >= 11 is 0. The van der Waals surface area contributed by atoms with Gasteiger partial charge in [-0.1, -0.05) is 60.7 Å². The molecule has 3 aromatic rings. The van der Waals surface area contributed by atoms with Crippen LogP contribution in [0.3, 0.4) is 0 Å². The highest BCUT2D eigenvalue weighted by Crippen LogP contribution is 2.23. The Morgan fingerprint density at radius 1 is 1.00 bits per heavy atom. The SMILES string of the molecule is Cc1nc(N(Cc2ccccc2)Cc2ccccc2)ccc1NC(=O)C1CCCO1. The summed E-state index contributed by atoms with van der Waals surface area (Å²) < 4.78 is 5.48. The molecule has 0 radical (unpaired) electrons. The minimum Gasteiger partial charge on any atom is -0.368 e. The van der Waals surface area contributed by atoms with E-state index in [9.17, 15) is 4.79 Å². The van der Waals surface area contributed by atoms with Crippen molar-refractivity contribution >= 4 is 17.4 Å². The van der Waals surface area contributed by atoms with E-state index < -0.39 is 0 Å². The Kier molecular flexibility index (Phi) is 6.40. The van der Waals surface area contributed by atoms with Crippen molar-refractivity contribution in [3.63, 3.8) is 0 Å². The number of aryl methyl sites for hydroxylation is 1. The van der Waals surface area contributed by atoms with Gasteiger partial charge in [0.1, 0.15) is 11.9 Å². The maximum absolute atomic E-state index is 12.4. The Hall–Kier alpha value is -3.18. The van der Waals surface area contributed by atoms with Gasteiger partial charge in [-0.05, 0) is 43.0 Å². The van der Waals surface area contributed by atoms with E-state index in [4.69, 9.17) is 9.72 Å². The van der Waals surface area contributed by atoms with Gasteiger partial charge in [-0.25, -0.2) is 4.98 Å². The highest BCUT2D eigenvalue weighted by molar-refractivity contribution is 5.94. The Balaban J connectivity index is 1.54.